The Hall–Kier alpha value is -1.73. The van der Waals surface area contributed by atoms with Crippen molar-refractivity contribution in [3.8, 4) is 5.88 Å². The summed E-state index contributed by atoms with van der Waals surface area (Å²) in [5, 5.41) is 9.79. The summed E-state index contributed by atoms with van der Waals surface area (Å²) in [6.07, 6.45) is 3.65. The SMILES string of the molecule is CCCOc1ncnc2c1ncn2[C@H]1C[C@H](O)[C@@H](C)O1. The lowest BCUT2D eigenvalue weighted by molar-refractivity contribution is -0.00632. The molecule has 7 nitrogen and oxygen atoms in total. The topological polar surface area (TPSA) is 82.3 Å². The van der Waals surface area contributed by atoms with E-state index in [4.69, 9.17) is 9.47 Å². The Bertz CT molecular complexity index is 590. The van der Waals surface area contributed by atoms with Crippen molar-refractivity contribution in [2.45, 2.75) is 45.1 Å². The third-order valence-corrected chi connectivity index (χ3v) is 3.44. The average molecular weight is 278 g/mol. The Morgan fingerprint density at radius 1 is 1.45 bits per heavy atom. The predicted molar refractivity (Wildman–Crippen MR) is 71.3 cm³/mol. The number of nitrogens with zero attached hydrogens (tertiary/aromatic N) is 4. The van der Waals surface area contributed by atoms with Gasteiger partial charge in [0.1, 0.15) is 12.6 Å². The Balaban J connectivity index is 1.94. The van der Waals surface area contributed by atoms with E-state index in [1.165, 1.54) is 6.33 Å². The maximum absolute atomic E-state index is 9.79. The van der Waals surface area contributed by atoms with Gasteiger partial charge in [-0.05, 0) is 13.3 Å². The molecule has 0 saturated carbocycles. The van der Waals surface area contributed by atoms with Crippen LogP contribution in [0.4, 0.5) is 0 Å². The van der Waals surface area contributed by atoms with Crippen LogP contribution in [0, 0.1) is 0 Å². The number of rotatable bonds is 4. The fraction of sp³-hybridized carbons (Fsp3) is 0.615. The fourth-order valence-corrected chi connectivity index (χ4v) is 2.32. The molecule has 1 fully saturated rings. The first-order chi connectivity index (χ1) is 9.70. The van der Waals surface area contributed by atoms with Gasteiger partial charge in [-0.2, -0.15) is 4.98 Å². The van der Waals surface area contributed by atoms with Gasteiger partial charge in [-0.1, -0.05) is 6.92 Å². The first-order valence-corrected chi connectivity index (χ1v) is 6.84. The molecule has 108 valence electrons. The molecular formula is C13H18N4O3. The van der Waals surface area contributed by atoms with Crippen LogP contribution in [0.15, 0.2) is 12.7 Å². The molecule has 1 saturated heterocycles. The molecular weight excluding hydrogens is 260 g/mol. The fourth-order valence-electron chi connectivity index (χ4n) is 2.32. The first kappa shape index (κ1) is 13.3. The quantitative estimate of drug-likeness (QED) is 0.907. The zero-order chi connectivity index (χ0) is 14.1. The molecule has 1 aliphatic heterocycles. The van der Waals surface area contributed by atoms with Crippen LogP contribution in [-0.4, -0.2) is 43.4 Å². The molecule has 3 rings (SSSR count). The highest BCUT2D eigenvalue weighted by Gasteiger charge is 2.33. The van der Waals surface area contributed by atoms with Crippen molar-refractivity contribution < 1.29 is 14.6 Å². The van der Waals surface area contributed by atoms with Gasteiger partial charge in [-0.25, -0.2) is 9.97 Å². The standard InChI is InChI=1S/C13H18N4O3/c1-3-4-19-13-11-12(14-6-15-13)17(7-16-11)10-5-9(18)8(2)20-10/h6-10,18H,3-5H2,1-2H3/t8-,9+,10-/m1/s1. The number of aliphatic hydroxyl groups excluding tert-OH is 1. The molecule has 0 spiro atoms. The van der Waals surface area contributed by atoms with Gasteiger partial charge >= 0.3 is 0 Å². The van der Waals surface area contributed by atoms with E-state index in [0.29, 0.717) is 30.1 Å². The summed E-state index contributed by atoms with van der Waals surface area (Å²) in [6.45, 7) is 4.48. The van der Waals surface area contributed by atoms with Crippen LogP contribution in [0.25, 0.3) is 11.2 Å². The molecule has 2 aromatic heterocycles. The summed E-state index contributed by atoms with van der Waals surface area (Å²) >= 11 is 0. The predicted octanol–water partition coefficient (Wildman–Crippen LogP) is 1.28. The summed E-state index contributed by atoms with van der Waals surface area (Å²) in [4.78, 5) is 12.7. The molecule has 3 heterocycles. The molecule has 0 bridgehead atoms. The highest BCUT2D eigenvalue weighted by Crippen LogP contribution is 2.31. The van der Waals surface area contributed by atoms with Crippen LogP contribution < -0.4 is 4.74 Å². The van der Waals surface area contributed by atoms with Gasteiger partial charge in [0.2, 0.25) is 5.88 Å². The minimum atomic E-state index is -0.463. The van der Waals surface area contributed by atoms with Crippen LogP contribution >= 0.6 is 0 Å². The molecule has 0 aromatic carbocycles. The van der Waals surface area contributed by atoms with E-state index in [1.54, 1.807) is 6.33 Å². The lowest BCUT2D eigenvalue weighted by Gasteiger charge is -2.12. The summed E-state index contributed by atoms with van der Waals surface area (Å²) in [5.41, 5.74) is 1.29. The van der Waals surface area contributed by atoms with Gasteiger partial charge in [0, 0.05) is 6.42 Å². The third kappa shape index (κ3) is 2.23. The highest BCUT2D eigenvalue weighted by molar-refractivity contribution is 5.76. The Morgan fingerprint density at radius 2 is 2.30 bits per heavy atom. The van der Waals surface area contributed by atoms with Gasteiger partial charge in [0.05, 0.1) is 25.1 Å². The number of aromatic nitrogens is 4. The Morgan fingerprint density at radius 3 is 3.00 bits per heavy atom. The van der Waals surface area contributed by atoms with Crippen LogP contribution in [-0.2, 0) is 4.74 Å². The Labute approximate surface area is 116 Å². The smallest absolute Gasteiger partial charge is 0.245 e. The molecule has 2 aromatic rings. The van der Waals surface area contributed by atoms with Gasteiger partial charge < -0.3 is 14.6 Å². The van der Waals surface area contributed by atoms with E-state index < -0.39 is 6.10 Å². The van der Waals surface area contributed by atoms with Crippen molar-refractivity contribution in [3.05, 3.63) is 12.7 Å². The zero-order valence-electron chi connectivity index (χ0n) is 11.6. The molecule has 0 aliphatic carbocycles. The van der Waals surface area contributed by atoms with E-state index in [1.807, 2.05) is 18.4 Å². The lowest BCUT2D eigenvalue weighted by atomic mass is 10.2. The number of hydrogen-bond donors (Lipinski definition) is 1. The summed E-state index contributed by atoms with van der Waals surface area (Å²) in [5.74, 6) is 0.488. The minimum absolute atomic E-state index is 0.185. The third-order valence-electron chi connectivity index (χ3n) is 3.44. The van der Waals surface area contributed by atoms with E-state index in [2.05, 4.69) is 15.0 Å². The van der Waals surface area contributed by atoms with Crippen LogP contribution in [0.3, 0.4) is 0 Å². The molecule has 0 radical (unpaired) electrons. The molecule has 0 amide bonds. The van der Waals surface area contributed by atoms with E-state index in [9.17, 15) is 5.11 Å². The van der Waals surface area contributed by atoms with E-state index in [0.717, 1.165) is 6.42 Å². The second-order valence-electron chi connectivity index (χ2n) is 4.95. The number of aliphatic hydroxyl groups is 1. The van der Waals surface area contributed by atoms with Crippen molar-refractivity contribution in [2.24, 2.45) is 0 Å². The van der Waals surface area contributed by atoms with Crippen molar-refractivity contribution in [1.82, 2.24) is 19.5 Å². The second-order valence-corrected chi connectivity index (χ2v) is 4.95. The molecule has 0 unspecified atom stereocenters. The molecule has 3 atom stereocenters. The lowest BCUT2D eigenvalue weighted by Crippen LogP contribution is -2.15. The zero-order valence-corrected chi connectivity index (χ0v) is 11.6. The molecule has 1 aliphatic rings. The maximum Gasteiger partial charge on any atom is 0.245 e. The molecule has 1 N–H and O–H groups in total. The Kier molecular flexibility index (Phi) is 3.54. The highest BCUT2D eigenvalue weighted by atomic mass is 16.5. The monoisotopic (exact) mass is 278 g/mol. The average Bonchev–Trinajstić information content (AvgIpc) is 3.01. The summed E-state index contributed by atoms with van der Waals surface area (Å²) < 4.78 is 13.1. The number of imidazole rings is 1. The first-order valence-electron chi connectivity index (χ1n) is 6.84. The normalized spacial score (nSPS) is 26.2. The van der Waals surface area contributed by atoms with E-state index >= 15 is 0 Å². The molecule has 20 heavy (non-hydrogen) atoms. The maximum atomic E-state index is 9.79. The van der Waals surface area contributed by atoms with Gasteiger partial charge in [-0.3, -0.25) is 4.57 Å². The number of fused-ring (bicyclic) bond motifs is 1. The second kappa shape index (κ2) is 5.34. The number of hydrogen-bond acceptors (Lipinski definition) is 6. The van der Waals surface area contributed by atoms with Gasteiger partial charge in [0.15, 0.2) is 11.2 Å². The summed E-state index contributed by atoms with van der Waals surface area (Å²) in [7, 11) is 0. The van der Waals surface area contributed by atoms with Crippen LogP contribution in [0.1, 0.15) is 32.9 Å². The van der Waals surface area contributed by atoms with Crippen molar-refractivity contribution in [1.29, 1.82) is 0 Å². The minimum Gasteiger partial charge on any atom is -0.476 e. The van der Waals surface area contributed by atoms with Crippen LogP contribution in [0.5, 0.6) is 5.88 Å². The van der Waals surface area contributed by atoms with Crippen molar-refractivity contribution >= 4 is 11.2 Å². The molecule has 7 heteroatoms. The largest absolute Gasteiger partial charge is 0.476 e. The van der Waals surface area contributed by atoms with E-state index in [-0.39, 0.29) is 12.3 Å². The van der Waals surface area contributed by atoms with Crippen molar-refractivity contribution in [2.75, 3.05) is 6.61 Å². The number of ether oxygens (including phenoxy) is 2. The van der Waals surface area contributed by atoms with Crippen LogP contribution in [0.2, 0.25) is 0 Å². The summed E-state index contributed by atoms with van der Waals surface area (Å²) in [6, 6.07) is 0. The van der Waals surface area contributed by atoms with Crippen molar-refractivity contribution in [3.63, 3.8) is 0 Å². The van der Waals surface area contributed by atoms with Gasteiger partial charge in [-0.15, -0.1) is 0 Å². The van der Waals surface area contributed by atoms with Gasteiger partial charge in [0.25, 0.3) is 0 Å².